The van der Waals surface area contributed by atoms with Gasteiger partial charge in [0.1, 0.15) is 11.8 Å². The first-order chi connectivity index (χ1) is 10.2. The molecule has 0 bridgehead atoms. The van der Waals surface area contributed by atoms with Gasteiger partial charge in [-0.1, -0.05) is 13.0 Å². The van der Waals surface area contributed by atoms with Crippen LogP contribution in [0, 0.1) is 0 Å². The maximum Gasteiger partial charge on any atom is 0.264 e. The van der Waals surface area contributed by atoms with E-state index in [4.69, 9.17) is 0 Å². The fourth-order valence-corrected chi connectivity index (χ4v) is 3.03. The number of piperidine rings is 1. The quantitative estimate of drug-likeness (QED) is 0.944. The first-order valence-corrected chi connectivity index (χ1v) is 7.58. The van der Waals surface area contributed by atoms with E-state index in [2.05, 4.69) is 10.3 Å². The number of pyridine rings is 1. The van der Waals surface area contributed by atoms with Crippen LogP contribution in [0.3, 0.4) is 0 Å². The number of halogens is 1. The maximum atomic E-state index is 14.4. The molecular weight excluding hydrogens is 269 g/mol. The van der Waals surface area contributed by atoms with Crippen molar-refractivity contribution < 1.29 is 4.39 Å². The Morgan fingerprint density at radius 1 is 1.43 bits per heavy atom. The highest BCUT2D eigenvalue weighted by atomic mass is 19.1. The lowest BCUT2D eigenvalue weighted by Crippen LogP contribution is -2.31. The van der Waals surface area contributed by atoms with Crippen LogP contribution in [0.15, 0.2) is 29.2 Å². The van der Waals surface area contributed by atoms with Gasteiger partial charge in [-0.3, -0.25) is 9.20 Å². The van der Waals surface area contributed by atoms with E-state index in [1.165, 1.54) is 4.40 Å². The predicted octanol–water partition coefficient (Wildman–Crippen LogP) is 2.58. The Hall–Kier alpha value is -1.75. The highest BCUT2D eigenvalue weighted by Gasteiger charge is 2.26. The van der Waals surface area contributed by atoms with Crippen LogP contribution in [0.25, 0.3) is 5.65 Å². The third-order valence-electron chi connectivity index (χ3n) is 4.20. The van der Waals surface area contributed by atoms with Gasteiger partial charge in [0, 0.05) is 12.1 Å². The molecule has 0 aliphatic carbocycles. The number of nitrogens with zero attached hydrogens (tertiary/aromatic N) is 2. The Morgan fingerprint density at radius 2 is 2.19 bits per heavy atom. The summed E-state index contributed by atoms with van der Waals surface area (Å²) in [5.74, 6) is 0.170. The summed E-state index contributed by atoms with van der Waals surface area (Å²) in [6.07, 6.45) is 2.51. The molecule has 21 heavy (non-hydrogen) atoms. The van der Waals surface area contributed by atoms with Gasteiger partial charge >= 0.3 is 0 Å². The zero-order valence-electron chi connectivity index (χ0n) is 12.2. The van der Waals surface area contributed by atoms with Crippen molar-refractivity contribution in [3.8, 4) is 0 Å². The third-order valence-corrected chi connectivity index (χ3v) is 4.20. The van der Waals surface area contributed by atoms with Gasteiger partial charge in [-0.25, -0.2) is 9.37 Å². The summed E-state index contributed by atoms with van der Waals surface area (Å²) < 4.78 is 15.8. The second-order valence-electron chi connectivity index (χ2n) is 5.54. The van der Waals surface area contributed by atoms with Crippen molar-refractivity contribution >= 4 is 5.65 Å². The normalized spacial score (nSPS) is 18.0. The van der Waals surface area contributed by atoms with E-state index < -0.39 is 6.17 Å². The monoisotopic (exact) mass is 289 g/mol. The van der Waals surface area contributed by atoms with Gasteiger partial charge < -0.3 is 5.32 Å². The SMILES string of the molecule is CCC(F)c1c(C2CCNCC2)nc2ccccn2c1=O. The molecule has 3 rings (SSSR count). The van der Waals surface area contributed by atoms with Crippen molar-refractivity contribution in [2.75, 3.05) is 13.1 Å². The third kappa shape index (κ3) is 2.58. The number of fused-ring (bicyclic) bond motifs is 1. The first-order valence-electron chi connectivity index (χ1n) is 7.58. The average molecular weight is 289 g/mol. The molecule has 5 heteroatoms. The molecule has 1 atom stereocenters. The molecule has 0 radical (unpaired) electrons. The van der Waals surface area contributed by atoms with Crippen molar-refractivity contribution in [2.45, 2.75) is 38.3 Å². The van der Waals surface area contributed by atoms with Gasteiger partial charge in [0.15, 0.2) is 0 Å². The van der Waals surface area contributed by atoms with Crippen LogP contribution in [-0.2, 0) is 0 Å². The first kappa shape index (κ1) is 14.2. The molecule has 1 aliphatic heterocycles. The number of alkyl halides is 1. The number of hydrogen-bond donors (Lipinski definition) is 1. The molecule has 1 saturated heterocycles. The van der Waals surface area contributed by atoms with E-state index in [1.54, 1.807) is 25.3 Å². The largest absolute Gasteiger partial charge is 0.317 e. The summed E-state index contributed by atoms with van der Waals surface area (Å²) in [5.41, 5.74) is 1.27. The molecule has 0 amide bonds. The summed E-state index contributed by atoms with van der Waals surface area (Å²) >= 11 is 0. The fourth-order valence-electron chi connectivity index (χ4n) is 3.03. The van der Waals surface area contributed by atoms with E-state index in [1.807, 2.05) is 6.07 Å². The second-order valence-corrected chi connectivity index (χ2v) is 5.54. The Labute approximate surface area is 123 Å². The van der Waals surface area contributed by atoms with E-state index in [9.17, 15) is 9.18 Å². The molecule has 2 aromatic rings. The summed E-state index contributed by atoms with van der Waals surface area (Å²) in [4.78, 5) is 17.3. The van der Waals surface area contributed by atoms with Crippen LogP contribution in [0.1, 0.15) is 49.5 Å². The summed E-state index contributed by atoms with van der Waals surface area (Å²) in [5, 5.41) is 3.29. The molecule has 0 spiro atoms. The Bertz CT molecular complexity index is 691. The van der Waals surface area contributed by atoms with E-state index in [-0.39, 0.29) is 17.0 Å². The van der Waals surface area contributed by atoms with Crippen molar-refractivity contribution in [3.63, 3.8) is 0 Å². The van der Waals surface area contributed by atoms with Gasteiger partial charge in [-0.2, -0.15) is 0 Å². The molecule has 3 heterocycles. The smallest absolute Gasteiger partial charge is 0.264 e. The summed E-state index contributed by atoms with van der Waals surface area (Å²) in [7, 11) is 0. The van der Waals surface area contributed by atoms with Crippen LogP contribution < -0.4 is 10.9 Å². The second kappa shape index (κ2) is 5.93. The molecule has 1 aliphatic rings. The number of hydrogen-bond acceptors (Lipinski definition) is 3. The minimum absolute atomic E-state index is 0.170. The van der Waals surface area contributed by atoms with Crippen LogP contribution in [-0.4, -0.2) is 22.5 Å². The highest BCUT2D eigenvalue weighted by molar-refractivity contribution is 5.42. The Kier molecular flexibility index (Phi) is 4.01. The van der Waals surface area contributed by atoms with Gasteiger partial charge in [0.25, 0.3) is 5.56 Å². The predicted molar refractivity (Wildman–Crippen MR) is 80.4 cm³/mol. The zero-order valence-corrected chi connectivity index (χ0v) is 12.2. The number of aromatic nitrogens is 2. The standard InChI is InChI=1S/C16H20FN3O/c1-2-12(17)14-15(11-6-8-18-9-7-11)19-13-5-3-4-10-20(13)16(14)21/h3-5,10-12,18H,2,6-9H2,1H3. The molecule has 112 valence electrons. The number of nitrogens with one attached hydrogen (secondary N) is 1. The minimum atomic E-state index is -1.24. The Balaban J connectivity index is 2.22. The van der Waals surface area contributed by atoms with E-state index in [0.29, 0.717) is 17.8 Å². The fraction of sp³-hybridized carbons (Fsp3) is 0.500. The number of rotatable bonds is 3. The zero-order chi connectivity index (χ0) is 14.8. The van der Waals surface area contributed by atoms with Gasteiger partial charge in [-0.05, 0) is 44.5 Å². The van der Waals surface area contributed by atoms with Crippen molar-refractivity contribution in [2.24, 2.45) is 0 Å². The molecule has 0 aromatic carbocycles. The summed E-state index contributed by atoms with van der Waals surface area (Å²) in [6, 6.07) is 5.42. The summed E-state index contributed by atoms with van der Waals surface area (Å²) in [6.45, 7) is 3.54. The molecule has 0 saturated carbocycles. The van der Waals surface area contributed by atoms with Crippen LogP contribution >= 0.6 is 0 Å². The van der Waals surface area contributed by atoms with Gasteiger partial charge in [0.2, 0.25) is 0 Å². The van der Waals surface area contributed by atoms with Crippen LogP contribution in [0.4, 0.5) is 4.39 Å². The molecule has 1 unspecified atom stereocenters. The van der Waals surface area contributed by atoms with Gasteiger partial charge in [-0.15, -0.1) is 0 Å². The van der Waals surface area contributed by atoms with Crippen molar-refractivity contribution in [1.29, 1.82) is 0 Å². The lowest BCUT2D eigenvalue weighted by atomic mass is 9.90. The molecular formula is C16H20FN3O. The molecule has 2 aromatic heterocycles. The van der Waals surface area contributed by atoms with Crippen LogP contribution in [0.2, 0.25) is 0 Å². The molecule has 1 fully saturated rings. The lowest BCUT2D eigenvalue weighted by Gasteiger charge is -2.25. The van der Waals surface area contributed by atoms with Crippen molar-refractivity contribution in [3.05, 3.63) is 46.0 Å². The topological polar surface area (TPSA) is 46.4 Å². The maximum absolute atomic E-state index is 14.4. The average Bonchev–Trinajstić information content (AvgIpc) is 2.55. The van der Waals surface area contributed by atoms with E-state index in [0.717, 1.165) is 25.9 Å². The minimum Gasteiger partial charge on any atom is -0.317 e. The Morgan fingerprint density at radius 3 is 2.90 bits per heavy atom. The van der Waals surface area contributed by atoms with Crippen molar-refractivity contribution in [1.82, 2.24) is 14.7 Å². The van der Waals surface area contributed by atoms with Gasteiger partial charge in [0.05, 0.1) is 11.3 Å². The van der Waals surface area contributed by atoms with Crippen LogP contribution in [0.5, 0.6) is 0 Å². The highest BCUT2D eigenvalue weighted by Crippen LogP contribution is 2.30. The van der Waals surface area contributed by atoms with E-state index >= 15 is 0 Å². The lowest BCUT2D eigenvalue weighted by molar-refractivity contribution is 0.323. The molecule has 1 N–H and O–H groups in total. The molecule has 4 nitrogen and oxygen atoms in total.